The van der Waals surface area contributed by atoms with E-state index in [1.165, 1.54) is 0 Å². The van der Waals surface area contributed by atoms with Crippen molar-refractivity contribution in [3.8, 4) is 5.75 Å². The van der Waals surface area contributed by atoms with Gasteiger partial charge < -0.3 is 15.4 Å². The number of fused-ring (bicyclic) bond motifs is 1. The van der Waals surface area contributed by atoms with E-state index in [4.69, 9.17) is 10.5 Å². The number of benzene rings is 1. The minimum absolute atomic E-state index is 0.00320. The number of ether oxygens (including phenoxy) is 1. The molecular formula is C15H20N2O2. The van der Waals surface area contributed by atoms with Crippen LogP contribution in [-0.4, -0.2) is 30.0 Å². The number of hydrogen-bond donors (Lipinski definition) is 1. The molecule has 0 aliphatic carbocycles. The Morgan fingerprint density at radius 1 is 1.37 bits per heavy atom. The van der Waals surface area contributed by atoms with E-state index in [0.29, 0.717) is 6.42 Å². The Kier molecular flexibility index (Phi) is 2.97. The highest BCUT2D eigenvalue weighted by molar-refractivity contribution is 5.76. The van der Waals surface area contributed by atoms with Crippen LogP contribution in [0.2, 0.25) is 0 Å². The quantitative estimate of drug-likeness (QED) is 0.774. The van der Waals surface area contributed by atoms with E-state index >= 15 is 0 Å². The monoisotopic (exact) mass is 260 g/mol. The highest BCUT2D eigenvalue weighted by Crippen LogP contribution is 2.43. The minimum Gasteiger partial charge on any atom is -0.487 e. The third-order valence-corrected chi connectivity index (χ3v) is 4.36. The van der Waals surface area contributed by atoms with E-state index in [1.54, 1.807) is 4.90 Å². The first-order valence-corrected chi connectivity index (χ1v) is 6.87. The molecule has 19 heavy (non-hydrogen) atoms. The normalized spacial score (nSPS) is 30.7. The molecule has 0 aromatic heterocycles. The van der Waals surface area contributed by atoms with Crippen molar-refractivity contribution in [2.75, 3.05) is 13.6 Å². The van der Waals surface area contributed by atoms with Crippen molar-refractivity contribution in [2.45, 2.75) is 37.3 Å². The summed E-state index contributed by atoms with van der Waals surface area (Å²) in [5.41, 5.74) is 7.10. The topological polar surface area (TPSA) is 55.6 Å². The Bertz CT molecular complexity index is 503. The number of carbonyl (C=O) groups is 1. The predicted molar refractivity (Wildman–Crippen MR) is 72.8 cm³/mol. The number of likely N-dealkylation sites (tertiary alicyclic amines) is 1. The van der Waals surface area contributed by atoms with Gasteiger partial charge in [-0.15, -0.1) is 0 Å². The fourth-order valence-corrected chi connectivity index (χ4v) is 3.12. The van der Waals surface area contributed by atoms with E-state index in [-0.39, 0.29) is 17.6 Å². The van der Waals surface area contributed by atoms with Gasteiger partial charge in [0.05, 0.1) is 0 Å². The fourth-order valence-electron chi connectivity index (χ4n) is 3.12. The van der Waals surface area contributed by atoms with Crippen molar-refractivity contribution in [1.29, 1.82) is 0 Å². The highest BCUT2D eigenvalue weighted by Gasteiger charge is 2.41. The first-order valence-electron chi connectivity index (χ1n) is 6.87. The van der Waals surface area contributed by atoms with Crippen molar-refractivity contribution in [1.82, 2.24) is 4.90 Å². The lowest BCUT2D eigenvalue weighted by Crippen LogP contribution is -2.43. The van der Waals surface area contributed by atoms with Crippen LogP contribution in [0.1, 0.15) is 37.3 Å². The molecule has 2 aliphatic heterocycles. The van der Waals surface area contributed by atoms with Gasteiger partial charge in [-0.1, -0.05) is 18.2 Å². The summed E-state index contributed by atoms with van der Waals surface area (Å²) in [6, 6.07) is 7.97. The lowest BCUT2D eigenvalue weighted by Gasteiger charge is -2.40. The Morgan fingerprint density at radius 2 is 2.16 bits per heavy atom. The van der Waals surface area contributed by atoms with Gasteiger partial charge in [0.25, 0.3) is 0 Å². The van der Waals surface area contributed by atoms with Crippen molar-refractivity contribution in [2.24, 2.45) is 5.73 Å². The van der Waals surface area contributed by atoms with Crippen LogP contribution in [0.25, 0.3) is 0 Å². The van der Waals surface area contributed by atoms with Crippen LogP contribution in [0.3, 0.4) is 0 Å². The van der Waals surface area contributed by atoms with Gasteiger partial charge in [0.2, 0.25) is 5.91 Å². The summed E-state index contributed by atoms with van der Waals surface area (Å²) in [5, 5.41) is 0. The largest absolute Gasteiger partial charge is 0.487 e. The zero-order valence-electron chi connectivity index (χ0n) is 11.3. The van der Waals surface area contributed by atoms with Gasteiger partial charge in [0.1, 0.15) is 11.4 Å². The lowest BCUT2D eigenvalue weighted by atomic mass is 9.82. The molecule has 1 fully saturated rings. The summed E-state index contributed by atoms with van der Waals surface area (Å²) < 4.78 is 6.25. The Balaban J connectivity index is 1.89. The molecule has 1 saturated heterocycles. The second kappa shape index (κ2) is 4.53. The van der Waals surface area contributed by atoms with Gasteiger partial charge in [-0.3, -0.25) is 4.79 Å². The molecule has 1 aromatic carbocycles. The average Bonchev–Trinajstić information content (AvgIpc) is 2.54. The van der Waals surface area contributed by atoms with Crippen molar-refractivity contribution < 1.29 is 9.53 Å². The summed E-state index contributed by atoms with van der Waals surface area (Å²) in [6.07, 6.45) is 2.96. The molecule has 4 nitrogen and oxygen atoms in total. The molecule has 3 rings (SSSR count). The van der Waals surface area contributed by atoms with E-state index in [0.717, 1.165) is 37.1 Å². The standard InChI is InChI=1S/C15H20N2O2/c1-17-9-8-15(7-6-14(17)18)10-12(16)11-4-2-3-5-13(11)19-15/h2-5,12H,6-10,16H2,1H3. The van der Waals surface area contributed by atoms with E-state index in [1.807, 2.05) is 31.3 Å². The van der Waals surface area contributed by atoms with Crippen LogP contribution in [0.4, 0.5) is 0 Å². The molecule has 0 radical (unpaired) electrons. The smallest absolute Gasteiger partial charge is 0.222 e. The van der Waals surface area contributed by atoms with Crippen molar-refractivity contribution in [3.05, 3.63) is 29.8 Å². The lowest BCUT2D eigenvalue weighted by molar-refractivity contribution is -0.129. The van der Waals surface area contributed by atoms with Gasteiger partial charge in [0.15, 0.2) is 0 Å². The van der Waals surface area contributed by atoms with Gasteiger partial charge in [0, 0.05) is 44.5 Å². The summed E-state index contributed by atoms with van der Waals surface area (Å²) in [7, 11) is 1.86. The zero-order valence-corrected chi connectivity index (χ0v) is 11.3. The Morgan fingerprint density at radius 3 is 3.00 bits per heavy atom. The molecular weight excluding hydrogens is 240 g/mol. The van der Waals surface area contributed by atoms with Crippen LogP contribution < -0.4 is 10.5 Å². The zero-order chi connectivity index (χ0) is 13.5. The number of nitrogens with zero attached hydrogens (tertiary/aromatic N) is 1. The van der Waals surface area contributed by atoms with Crippen LogP contribution in [-0.2, 0) is 4.79 Å². The SMILES string of the molecule is CN1CCC2(CCC1=O)CC(N)c1ccccc1O2. The van der Waals surface area contributed by atoms with Gasteiger partial charge in [-0.05, 0) is 12.5 Å². The molecule has 102 valence electrons. The maximum absolute atomic E-state index is 11.8. The van der Waals surface area contributed by atoms with Crippen LogP contribution in [0.5, 0.6) is 5.75 Å². The van der Waals surface area contributed by atoms with Crippen molar-refractivity contribution in [3.63, 3.8) is 0 Å². The molecule has 2 unspecified atom stereocenters. The number of hydrogen-bond acceptors (Lipinski definition) is 3. The number of amides is 1. The predicted octanol–water partition coefficient (Wildman–Crippen LogP) is 1.85. The summed E-state index contributed by atoms with van der Waals surface area (Å²) >= 11 is 0. The molecule has 1 amide bonds. The van der Waals surface area contributed by atoms with E-state index in [9.17, 15) is 4.79 Å². The summed E-state index contributed by atoms with van der Waals surface area (Å²) in [4.78, 5) is 13.6. The van der Waals surface area contributed by atoms with Gasteiger partial charge in [-0.2, -0.15) is 0 Å². The molecule has 2 N–H and O–H groups in total. The minimum atomic E-state index is -0.270. The third-order valence-electron chi connectivity index (χ3n) is 4.36. The van der Waals surface area contributed by atoms with E-state index < -0.39 is 0 Å². The molecule has 1 aromatic rings. The molecule has 2 heterocycles. The molecule has 1 spiro atoms. The van der Waals surface area contributed by atoms with Gasteiger partial charge in [-0.25, -0.2) is 0 Å². The van der Waals surface area contributed by atoms with Crippen LogP contribution >= 0.6 is 0 Å². The first-order chi connectivity index (χ1) is 9.10. The third kappa shape index (κ3) is 2.21. The molecule has 2 atom stereocenters. The number of nitrogens with two attached hydrogens (primary N) is 1. The maximum atomic E-state index is 11.8. The maximum Gasteiger partial charge on any atom is 0.222 e. The number of carbonyl (C=O) groups excluding carboxylic acids is 1. The van der Waals surface area contributed by atoms with E-state index in [2.05, 4.69) is 0 Å². The molecule has 4 heteroatoms. The molecule has 0 saturated carbocycles. The number of para-hydroxylation sites is 1. The van der Waals surface area contributed by atoms with Gasteiger partial charge >= 0.3 is 0 Å². The molecule has 0 bridgehead atoms. The fraction of sp³-hybridized carbons (Fsp3) is 0.533. The average molecular weight is 260 g/mol. The number of rotatable bonds is 0. The summed E-state index contributed by atoms with van der Waals surface area (Å²) in [5.74, 6) is 1.09. The highest BCUT2D eigenvalue weighted by atomic mass is 16.5. The Hall–Kier alpha value is -1.55. The van der Waals surface area contributed by atoms with Crippen LogP contribution in [0, 0.1) is 0 Å². The van der Waals surface area contributed by atoms with Crippen molar-refractivity contribution >= 4 is 5.91 Å². The van der Waals surface area contributed by atoms with Crippen LogP contribution in [0.15, 0.2) is 24.3 Å². The second-order valence-corrected chi connectivity index (χ2v) is 5.70. The Labute approximate surface area is 113 Å². The second-order valence-electron chi connectivity index (χ2n) is 5.70. The molecule has 2 aliphatic rings. The summed E-state index contributed by atoms with van der Waals surface area (Å²) in [6.45, 7) is 0.744. The first kappa shape index (κ1) is 12.5.